The molecule has 162 valence electrons. The van der Waals surface area contributed by atoms with Gasteiger partial charge in [-0.3, -0.25) is 9.89 Å². The molecule has 3 rings (SSSR count). The predicted molar refractivity (Wildman–Crippen MR) is 97.1 cm³/mol. The van der Waals surface area contributed by atoms with Crippen molar-refractivity contribution in [2.24, 2.45) is 10.9 Å². The molecule has 3 N–H and O–H groups in total. The molecular formula is C19H19F5N4O2. The molecule has 0 aliphatic heterocycles. The Morgan fingerprint density at radius 2 is 1.87 bits per heavy atom. The van der Waals surface area contributed by atoms with Crippen LogP contribution in [0.4, 0.5) is 27.8 Å². The number of hydrogen-bond donors (Lipinski definition) is 3. The third kappa shape index (κ3) is 5.62. The van der Waals surface area contributed by atoms with Crippen LogP contribution in [0.1, 0.15) is 48.2 Å². The van der Waals surface area contributed by atoms with E-state index in [-0.39, 0.29) is 29.6 Å². The van der Waals surface area contributed by atoms with Gasteiger partial charge in [0.05, 0.1) is 6.10 Å². The molecule has 1 aliphatic carbocycles. The van der Waals surface area contributed by atoms with E-state index in [2.05, 4.69) is 15.4 Å². The minimum absolute atomic E-state index is 0.0402. The monoisotopic (exact) mass is 430 g/mol. The molecule has 0 unspecified atom stereocenters. The van der Waals surface area contributed by atoms with Gasteiger partial charge in [0.2, 0.25) is 0 Å². The fourth-order valence-corrected chi connectivity index (χ4v) is 3.24. The molecule has 0 atom stereocenters. The van der Waals surface area contributed by atoms with Crippen LogP contribution in [-0.4, -0.2) is 33.2 Å². The number of hydrogen-bond acceptors (Lipinski definition) is 4. The van der Waals surface area contributed by atoms with E-state index in [4.69, 9.17) is 0 Å². The second-order valence-corrected chi connectivity index (χ2v) is 7.16. The van der Waals surface area contributed by atoms with Crippen molar-refractivity contribution >= 4 is 17.6 Å². The highest BCUT2D eigenvalue weighted by atomic mass is 19.4. The third-order valence-electron chi connectivity index (χ3n) is 4.86. The van der Waals surface area contributed by atoms with Crippen molar-refractivity contribution < 1.29 is 31.9 Å². The SMILES string of the molecule is O=C(NC(CC1CCC(O)CC1)=Nc1cc(C(F)(F)F)[nH]n1)c1ccc(F)c(F)c1. The summed E-state index contributed by atoms with van der Waals surface area (Å²) in [6.07, 6.45) is -2.39. The average Bonchev–Trinajstić information content (AvgIpc) is 3.14. The van der Waals surface area contributed by atoms with Crippen LogP contribution in [0.5, 0.6) is 0 Å². The Kier molecular flexibility index (Phi) is 6.49. The van der Waals surface area contributed by atoms with E-state index in [1.54, 1.807) is 0 Å². The zero-order valence-corrected chi connectivity index (χ0v) is 15.6. The molecule has 1 amide bonds. The first-order chi connectivity index (χ1) is 14.1. The fourth-order valence-electron chi connectivity index (χ4n) is 3.24. The van der Waals surface area contributed by atoms with Crippen molar-refractivity contribution in [2.75, 3.05) is 0 Å². The Hall–Kier alpha value is -2.82. The number of aromatic amines is 1. The molecule has 1 aliphatic rings. The first-order valence-corrected chi connectivity index (χ1v) is 9.26. The normalized spacial score (nSPS) is 20.3. The molecule has 2 aromatic rings. The lowest BCUT2D eigenvalue weighted by Gasteiger charge is -2.25. The molecule has 0 spiro atoms. The van der Waals surface area contributed by atoms with E-state index < -0.39 is 35.5 Å². The van der Waals surface area contributed by atoms with E-state index >= 15 is 0 Å². The Morgan fingerprint density at radius 1 is 1.17 bits per heavy atom. The van der Waals surface area contributed by atoms with Gasteiger partial charge in [-0.25, -0.2) is 13.8 Å². The summed E-state index contributed by atoms with van der Waals surface area (Å²) >= 11 is 0. The molecule has 0 saturated heterocycles. The van der Waals surface area contributed by atoms with Gasteiger partial charge < -0.3 is 10.4 Å². The summed E-state index contributed by atoms with van der Waals surface area (Å²) < 4.78 is 64.8. The number of aromatic nitrogens is 2. The number of halogens is 5. The summed E-state index contributed by atoms with van der Waals surface area (Å²) in [4.78, 5) is 16.5. The first-order valence-electron chi connectivity index (χ1n) is 9.26. The van der Waals surface area contributed by atoms with Crippen molar-refractivity contribution in [1.82, 2.24) is 15.5 Å². The van der Waals surface area contributed by atoms with Crippen LogP contribution in [-0.2, 0) is 6.18 Å². The van der Waals surface area contributed by atoms with Gasteiger partial charge in [0.15, 0.2) is 17.5 Å². The number of carbonyl (C=O) groups excluding carboxylic acids is 1. The molecule has 6 nitrogen and oxygen atoms in total. The Labute approximate surface area is 168 Å². The molecule has 0 bridgehead atoms. The number of aliphatic hydroxyl groups excluding tert-OH is 1. The van der Waals surface area contributed by atoms with Crippen molar-refractivity contribution in [1.29, 1.82) is 0 Å². The number of benzene rings is 1. The van der Waals surface area contributed by atoms with Crippen molar-refractivity contribution in [3.05, 3.63) is 47.2 Å². The average molecular weight is 430 g/mol. The summed E-state index contributed by atoms with van der Waals surface area (Å²) in [5.74, 6) is -3.29. The number of rotatable bonds is 4. The number of amidine groups is 1. The minimum atomic E-state index is -4.63. The smallest absolute Gasteiger partial charge is 0.393 e. The van der Waals surface area contributed by atoms with Gasteiger partial charge in [0.1, 0.15) is 11.5 Å². The minimum Gasteiger partial charge on any atom is -0.393 e. The molecule has 11 heteroatoms. The number of nitrogens with one attached hydrogen (secondary N) is 2. The topological polar surface area (TPSA) is 90.4 Å². The van der Waals surface area contributed by atoms with Crippen LogP contribution < -0.4 is 5.32 Å². The lowest BCUT2D eigenvalue weighted by atomic mass is 9.85. The van der Waals surface area contributed by atoms with E-state index in [0.29, 0.717) is 31.7 Å². The molecule has 1 fully saturated rings. The van der Waals surface area contributed by atoms with E-state index in [0.717, 1.165) is 18.2 Å². The maximum Gasteiger partial charge on any atom is 0.432 e. The van der Waals surface area contributed by atoms with E-state index in [1.807, 2.05) is 5.10 Å². The lowest BCUT2D eigenvalue weighted by Crippen LogP contribution is -2.33. The van der Waals surface area contributed by atoms with Crippen LogP contribution in [0.25, 0.3) is 0 Å². The van der Waals surface area contributed by atoms with Crippen LogP contribution in [0.2, 0.25) is 0 Å². The summed E-state index contributed by atoms with van der Waals surface area (Å²) in [7, 11) is 0. The van der Waals surface area contributed by atoms with Gasteiger partial charge in [-0.1, -0.05) is 0 Å². The Balaban J connectivity index is 1.82. The number of nitrogens with zero attached hydrogens (tertiary/aromatic N) is 2. The Morgan fingerprint density at radius 3 is 2.47 bits per heavy atom. The van der Waals surface area contributed by atoms with Gasteiger partial charge in [-0.05, 0) is 49.8 Å². The van der Waals surface area contributed by atoms with Crippen molar-refractivity contribution in [3.8, 4) is 0 Å². The highest BCUT2D eigenvalue weighted by molar-refractivity contribution is 6.07. The highest BCUT2D eigenvalue weighted by Gasteiger charge is 2.33. The number of H-pyrrole nitrogens is 1. The van der Waals surface area contributed by atoms with Crippen LogP contribution >= 0.6 is 0 Å². The number of alkyl halides is 3. The Bertz CT molecular complexity index is 933. The fraction of sp³-hybridized carbons (Fsp3) is 0.421. The quantitative estimate of drug-likeness (QED) is 0.387. The summed E-state index contributed by atoms with van der Waals surface area (Å²) in [5, 5.41) is 17.4. The highest BCUT2D eigenvalue weighted by Crippen LogP contribution is 2.30. The molecule has 1 saturated carbocycles. The second kappa shape index (κ2) is 8.90. The maximum absolute atomic E-state index is 13.4. The maximum atomic E-state index is 13.4. The zero-order chi connectivity index (χ0) is 21.9. The number of carbonyl (C=O) groups is 1. The molecule has 1 heterocycles. The lowest BCUT2D eigenvalue weighted by molar-refractivity contribution is -0.141. The second-order valence-electron chi connectivity index (χ2n) is 7.16. The van der Waals surface area contributed by atoms with E-state index in [1.165, 1.54) is 0 Å². The largest absolute Gasteiger partial charge is 0.432 e. The molecule has 0 radical (unpaired) electrons. The van der Waals surface area contributed by atoms with Gasteiger partial charge >= 0.3 is 6.18 Å². The zero-order valence-electron chi connectivity index (χ0n) is 15.6. The number of amides is 1. The van der Waals surface area contributed by atoms with E-state index in [9.17, 15) is 31.9 Å². The molecule has 1 aromatic heterocycles. The molecule has 1 aromatic carbocycles. The first kappa shape index (κ1) is 21.9. The van der Waals surface area contributed by atoms with Gasteiger partial charge in [0, 0.05) is 18.1 Å². The summed E-state index contributed by atoms with van der Waals surface area (Å²) in [5.41, 5.74) is -1.26. The third-order valence-corrected chi connectivity index (χ3v) is 4.86. The standard InChI is InChI=1S/C19H19F5N4O2/c20-13-6-3-11(8-14(13)21)18(30)26-16(7-10-1-4-12(29)5-2-10)25-17-9-15(27-28-17)19(22,23)24/h3,6,8-10,12,29H,1-2,4-5,7H2,(H2,25,26,27,28,30). The van der Waals surface area contributed by atoms with Gasteiger partial charge in [-0.15, -0.1) is 0 Å². The van der Waals surface area contributed by atoms with Crippen LogP contribution in [0, 0.1) is 17.6 Å². The van der Waals surface area contributed by atoms with Gasteiger partial charge in [0.25, 0.3) is 5.91 Å². The molecular weight excluding hydrogens is 411 g/mol. The van der Waals surface area contributed by atoms with Crippen LogP contribution in [0.15, 0.2) is 29.3 Å². The number of aliphatic hydroxyl groups is 1. The predicted octanol–water partition coefficient (Wildman–Crippen LogP) is 4.11. The summed E-state index contributed by atoms with van der Waals surface area (Å²) in [6, 6.07) is 3.30. The summed E-state index contributed by atoms with van der Waals surface area (Å²) in [6.45, 7) is 0. The van der Waals surface area contributed by atoms with Crippen molar-refractivity contribution in [3.63, 3.8) is 0 Å². The number of aliphatic imine (C=N–C) groups is 1. The molecule has 30 heavy (non-hydrogen) atoms. The van der Waals surface area contributed by atoms with Crippen molar-refractivity contribution in [2.45, 2.75) is 44.4 Å². The van der Waals surface area contributed by atoms with Crippen LogP contribution in [0.3, 0.4) is 0 Å². The van der Waals surface area contributed by atoms with Gasteiger partial charge in [-0.2, -0.15) is 18.3 Å².